The average molecular weight is 274 g/mol. The Kier molecular flexibility index (Phi) is 4.12. The second kappa shape index (κ2) is 5.42. The Labute approximate surface area is 111 Å². The summed E-state index contributed by atoms with van der Waals surface area (Å²) in [6.45, 7) is 3.76. The molecule has 0 unspecified atom stereocenters. The van der Waals surface area contributed by atoms with E-state index in [2.05, 4.69) is 22.2 Å². The van der Waals surface area contributed by atoms with Crippen molar-refractivity contribution in [3.05, 3.63) is 11.2 Å². The van der Waals surface area contributed by atoms with Crippen molar-refractivity contribution in [2.45, 2.75) is 30.5 Å². The third-order valence-electron chi connectivity index (χ3n) is 2.88. The molecule has 4 nitrogen and oxygen atoms in total. The Morgan fingerprint density at radius 2 is 2.12 bits per heavy atom. The molecular weight excluding hydrogens is 258 g/mol. The number of rotatable bonds is 3. The van der Waals surface area contributed by atoms with Crippen LogP contribution in [-0.4, -0.2) is 35.0 Å². The van der Waals surface area contributed by atoms with Gasteiger partial charge in [-0.25, -0.2) is 9.97 Å². The van der Waals surface area contributed by atoms with E-state index in [-0.39, 0.29) is 5.54 Å². The van der Waals surface area contributed by atoms with Crippen LogP contribution in [0.15, 0.2) is 11.2 Å². The molecule has 17 heavy (non-hydrogen) atoms. The maximum Gasteiger partial charge on any atom is 0.190 e. The van der Waals surface area contributed by atoms with Crippen LogP contribution in [0, 0.1) is 0 Å². The van der Waals surface area contributed by atoms with Gasteiger partial charge >= 0.3 is 0 Å². The summed E-state index contributed by atoms with van der Waals surface area (Å²) in [5.74, 6) is 0.791. The zero-order valence-corrected chi connectivity index (χ0v) is 11.6. The molecule has 0 bridgehead atoms. The minimum absolute atomic E-state index is 0.0333. The van der Waals surface area contributed by atoms with E-state index in [1.54, 1.807) is 6.07 Å². The number of halogens is 1. The average Bonchev–Trinajstić information content (AvgIpc) is 2.28. The normalized spacial score (nSPS) is 19.0. The summed E-state index contributed by atoms with van der Waals surface area (Å²) in [5.41, 5.74) is 0.0333. The third kappa shape index (κ3) is 3.47. The first-order valence-corrected chi connectivity index (χ1v) is 7.16. The fraction of sp³-hybridized carbons (Fsp3) is 0.636. The molecule has 0 aromatic carbocycles. The van der Waals surface area contributed by atoms with Crippen LogP contribution in [0.3, 0.4) is 0 Å². The second-order valence-electron chi connectivity index (χ2n) is 4.36. The molecule has 1 aromatic rings. The molecule has 1 fully saturated rings. The van der Waals surface area contributed by atoms with Gasteiger partial charge in [-0.1, -0.05) is 23.4 Å². The van der Waals surface area contributed by atoms with Gasteiger partial charge in [-0.3, -0.25) is 0 Å². The Bertz CT molecular complexity index is 396. The van der Waals surface area contributed by atoms with E-state index in [1.165, 1.54) is 11.8 Å². The van der Waals surface area contributed by atoms with Gasteiger partial charge in [0.1, 0.15) is 11.0 Å². The Hall–Kier alpha value is -0.520. The lowest BCUT2D eigenvalue weighted by Crippen LogP contribution is -2.40. The molecule has 1 N–H and O–H groups in total. The highest BCUT2D eigenvalue weighted by Crippen LogP contribution is 2.26. The van der Waals surface area contributed by atoms with Crippen molar-refractivity contribution in [3.63, 3.8) is 0 Å². The zero-order chi connectivity index (χ0) is 12.3. The summed E-state index contributed by atoms with van der Waals surface area (Å²) in [6.07, 6.45) is 3.89. The standard InChI is InChI=1S/C11H16ClN3OS/c1-11(3-5-16-6-4-11)15-9-7-8(12)13-10(14-9)17-2/h7H,3-6H2,1-2H3,(H,13,14,15). The molecule has 0 aliphatic carbocycles. The zero-order valence-electron chi connectivity index (χ0n) is 9.99. The molecule has 6 heteroatoms. The number of aromatic nitrogens is 2. The van der Waals surface area contributed by atoms with Gasteiger partial charge in [0.15, 0.2) is 5.16 Å². The van der Waals surface area contributed by atoms with Crippen LogP contribution in [0.4, 0.5) is 5.82 Å². The monoisotopic (exact) mass is 273 g/mol. The lowest BCUT2D eigenvalue weighted by atomic mass is 9.92. The van der Waals surface area contributed by atoms with Crippen LogP contribution >= 0.6 is 23.4 Å². The van der Waals surface area contributed by atoms with Gasteiger partial charge in [0.25, 0.3) is 0 Å². The van der Waals surface area contributed by atoms with Gasteiger partial charge in [0, 0.05) is 24.8 Å². The van der Waals surface area contributed by atoms with E-state index in [0.717, 1.165) is 31.9 Å². The van der Waals surface area contributed by atoms with Gasteiger partial charge in [-0.05, 0) is 26.0 Å². The van der Waals surface area contributed by atoms with Gasteiger partial charge in [0.2, 0.25) is 0 Å². The number of ether oxygens (including phenoxy) is 1. The summed E-state index contributed by atoms with van der Waals surface area (Å²) in [7, 11) is 0. The van der Waals surface area contributed by atoms with E-state index in [4.69, 9.17) is 16.3 Å². The Balaban J connectivity index is 2.14. The molecule has 2 heterocycles. The Morgan fingerprint density at radius 1 is 1.41 bits per heavy atom. The van der Waals surface area contributed by atoms with E-state index in [9.17, 15) is 0 Å². The topological polar surface area (TPSA) is 47.0 Å². The van der Waals surface area contributed by atoms with E-state index in [1.807, 2.05) is 6.26 Å². The van der Waals surface area contributed by atoms with Crippen LogP contribution in [0.25, 0.3) is 0 Å². The number of nitrogens with one attached hydrogen (secondary N) is 1. The highest BCUT2D eigenvalue weighted by molar-refractivity contribution is 7.98. The fourth-order valence-corrected chi connectivity index (χ4v) is 2.42. The smallest absolute Gasteiger partial charge is 0.190 e. The third-order valence-corrected chi connectivity index (χ3v) is 3.62. The van der Waals surface area contributed by atoms with Crippen molar-refractivity contribution in [2.24, 2.45) is 0 Å². The lowest BCUT2D eigenvalue weighted by Gasteiger charge is -2.34. The number of nitrogens with zero attached hydrogens (tertiary/aromatic N) is 2. The number of hydrogen-bond acceptors (Lipinski definition) is 5. The van der Waals surface area contributed by atoms with E-state index < -0.39 is 0 Å². The molecule has 2 rings (SSSR count). The molecule has 1 aliphatic rings. The predicted octanol–water partition coefficient (Wildman–Crippen LogP) is 2.83. The molecule has 1 aliphatic heterocycles. The summed E-state index contributed by atoms with van der Waals surface area (Å²) >= 11 is 7.45. The fourth-order valence-electron chi connectivity index (χ4n) is 1.81. The van der Waals surface area contributed by atoms with Gasteiger partial charge in [-0.2, -0.15) is 0 Å². The number of anilines is 1. The molecule has 0 radical (unpaired) electrons. The number of hydrogen-bond donors (Lipinski definition) is 1. The molecular formula is C11H16ClN3OS. The van der Waals surface area contributed by atoms with Gasteiger partial charge in [0.05, 0.1) is 0 Å². The van der Waals surface area contributed by atoms with E-state index in [0.29, 0.717) is 10.3 Å². The van der Waals surface area contributed by atoms with Gasteiger partial charge in [-0.15, -0.1) is 0 Å². The van der Waals surface area contributed by atoms with Crippen molar-refractivity contribution in [1.82, 2.24) is 9.97 Å². The maximum atomic E-state index is 5.96. The molecule has 0 spiro atoms. The molecule has 0 atom stereocenters. The maximum absolute atomic E-state index is 5.96. The summed E-state index contributed by atoms with van der Waals surface area (Å²) in [5, 5.41) is 4.61. The van der Waals surface area contributed by atoms with Crippen molar-refractivity contribution in [3.8, 4) is 0 Å². The highest BCUT2D eigenvalue weighted by atomic mass is 35.5. The molecule has 0 saturated carbocycles. The van der Waals surface area contributed by atoms with Crippen LogP contribution < -0.4 is 5.32 Å². The van der Waals surface area contributed by atoms with Gasteiger partial charge < -0.3 is 10.1 Å². The summed E-state index contributed by atoms with van der Waals surface area (Å²) in [6, 6.07) is 1.77. The largest absolute Gasteiger partial charge is 0.381 e. The molecule has 0 amide bonds. The number of thioether (sulfide) groups is 1. The summed E-state index contributed by atoms with van der Waals surface area (Å²) in [4.78, 5) is 8.53. The van der Waals surface area contributed by atoms with E-state index >= 15 is 0 Å². The first kappa shape index (κ1) is 12.9. The van der Waals surface area contributed by atoms with Crippen molar-refractivity contribution >= 4 is 29.2 Å². The first-order valence-electron chi connectivity index (χ1n) is 5.56. The quantitative estimate of drug-likeness (QED) is 0.521. The molecule has 1 aromatic heterocycles. The van der Waals surface area contributed by atoms with Crippen molar-refractivity contribution in [1.29, 1.82) is 0 Å². The van der Waals surface area contributed by atoms with Crippen LogP contribution in [0.5, 0.6) is 0 Å². The first-order chi connectivity index (χ1) is 8.11. The SMILES string of the molecule is CSc1nc(Cl)cc(NC2(C)CCOCC2)n1. The Morgan fingerprint density at radius 3 is 2.76 bits per heavy atom. The lowest BCUT2D eigenvalue weighted by molar-refractivity contribution is 0.0657. The van der Waals surface area contributed by atoms with Crippen LogP contribution in [0.1, 0.15) is 19.8 Å². The van der Waals surface area contributed by atoms with Crippen molar-refractivity contribution < 1.29 is 4.74 Å². The van der Waals surface area contributed by atoms with Crippen molar-refractivity contribution in [2.75, 3.05) is 24.8 Å². The minimum atomic E-state index is 0.0333. The predicted molar refractivity (Wildman–Crippen MR) is 70.9 cm³/mol. The molecule has 1 saturated heterocycles. The second-order valence-corrected chi connectivity index (χ2v) is 5.52. The van der Waals surface area contributed by atoms with Crippen LogP contribution in [-0.2, 0) is 4.74 Å². The minimum Gasteiger partial charge on any atom is -0.381 e. The highest BCUT2D eigenvalue weighted by Gasteiger charge is 2.27. The summed E-state index contributed by atoms with van der Waals surface area (Å²) < 4.78 is 5.37. The molecule has 94 valence electrons. The van der Waals surface area contributed by atoms with Crippen LogP contribution in [0.2, 0.25) is 5.15 Å².